The molecule has 0 aliphatic rings. The number of methoxy groups -OCH3 is 1. The molecule has 0 heterocycles. The van der Waals surface area contributed by atoms with E-state index in [-0.39, 0.29) is 0 Å². The van der Waals surface area contributed by atoms with Gasteiger partial charge in [-0.2, -0.15) is 5.10 Å². The average Bonchev–Trinajstić information content (AvgIpc) is 2.68. The monoisotopic (exact) mass is 400 g/mol. The quantitative estimate of drug-likeness (QED) is 0.389. The van der Waals surface area contributed by atoms with Crippen molar-refractivity contribution in [3.63, 3.8) is 0 Å². The fourth-order valence-electron chi connectivity index (χ4n) is 2.37. The van der Waals surface area contributed by atoms with Gasteiger partial charge < -0.3 is 9.47 Å². The number of rotatable bonds is 7. The molecule has 1 N–H and O–H groups in total. The van der Waals surface area contributed by atoms with Gasteiger partial charge in [-0.1, -0.05) is 47.5 Å². The summed E-state index contributed by atoms with van der Waals surface area (Å²) in [5.41, 5.74) is 5.62. The molecule has 3 rings (SSSR count). The molecular formula is C21H18Cl2N2O2. The molecule has 0 saturated carbocycles. The first-order valence-corrected chi connectivity index (χ1v) is 9.00. The molecule has 0 aliphatic carbocycles. The molecule has 0 aromatic heterocycles. The molecule has 0 fully saturated rings. The zero-order valence-corrected chi connectivity index (χ0v) is 16.2. The molecule has 138 valence electrons. The molecule has 4 nitrogen and oxygen atoms in total. The number of hydrogen-bond acceptors (Lipinski definition) is 4. The van der Waals surface area contributed by atoms with E-state index in [0.29, 0.717) is 28.2 Å². The topological polar surface area (TPSA) is 42.8 Å². The van der Waals surface area contributed by atoms with Crippen LogP contribution in [0.15, 0.2) is 71.8 Å². The summed E-state index contributed by atoms with van der Waals surface area (Å²) >= 11 is 12.1. The van der Waals surface area contributed by atoms with Gasteiger partial charge in [0.15, 0.2) is 11.5 Å². The lowest BCUT2D eigenvalue weighted by Gasteiger charge is -2.12. The Balaban J connectivity index is 1.66. The average molecular weight is 401 g/mol. The minimum atomic E-state index is 0.315. The highest BCUT2D eigenvalue weighted by atomic mass is 35.5. The van der Waals surface area contributed by atoms with Crippen molar-refractivity contribution in [2.24, 2.45) is 5.10 Å². The van der Waals surface area contributed by atoms with Crippen molar-refractivity contribution in [3.8, 4) is 11.5 Å². The van der Waals surface area contributed by atoms with Gasteiger partial charge >= 0.3 is 0 Å². The number of para-hydroxylation sites is 1. The summed E-state index contributed by atoms with van der Waals surface area (Å²) in [6.45, 7) is 0.315. The van der Waals surface area contributed by atoms with E-state index >= 15 is 0 Å². The lowest BCUT2D eigenvalue weighted by Crippen LogP contribution is -1.99. The van der Waals surface area contributed by atoms with Gasteiger partial charge in [0.2, 0.25) is 0 Å². The Labute approximate surface area is 168 Å². The van der Waals surface area contributed by atoms with Crippen LogP contribution in [0.4, 0.5) is 5.69 Å². The van der Waals surface area contributed by atoms with Crippen LogP contribution in [0.5, 0.6) is 11.5 Å². The first kappa shape index (κ1) is 19.1. The number of anilines is 1. The van der Waals surface area contributed by atoms with Crippen molar-refractivity contribution >= 4 is 35.1 Å². The summed E-state index contributed by atoms with van der Waals surface area (Å²) in [5, 5.41) is 5.39. The Hall–Kier alpha value is -2.69. The predicted molar refractivity (Wildman–Crippen MR) is 111 cm³/mol. The summed E-state index contributed by atoms with van der Waals surface area (Å²) in [7, 11) is 1.60. The number of nitrogens with one attached hydrogen (secondary N) is 1. The van der Waals surface area contributed by atoms with Crippen molar-refractivity contribution in [3.05, 3.63) is 87.9 Å². The molecule has 27 heavy (non-hydrogen) atoms. The lowest BCUT2D eigenvalue weighted by atomic mass is 10.2. The third-order valence-electron chi connectivity index (χ3n) is 3.77. The van der Waals surface area contributed by atoms with E-state index in [1.54, 1.807) is 25.5 Å². The molecule has 3 aromatic rings. The number of ether oxygens (including phenoxy) is 2. The zero-order valence-electron chi connectivity index (χ0n) is 14.7. The maximum absolute atomic E-state index is 6.18. The highest BCUT2D eigenvalue weighted by Crippen LogP contribution is 2.29. The van der Waals surface area contributed by atoms with Gasteiger partial charge in [-0.25, -0.2) is 0 Å². The van der Waals surface area contributed by atoms with E-state index in [1.165, 1.54) is 0 Å². The van der Waals surface area contributed by atoms with Gasteiger partial charge in [-0.3, -0.25) is 5.43 Å². The Morgan fingerprint density at radius 3 is 2.52 bits per heavy atom. The number of benzene rings is 3. The highest BCUT2D eigenvalue weighted by Gasteiger charge is 2.08. The Morgan fingerprint density at radius 2 is 1.78 bits per heavy atom. The Kier molecular flexibility index (Phi) is 6.58. The number of hydrogen-bond donors (Lipinski definition) is 1. The number of nitrogens with zero attached hydrogens (tertiary/aromatic N) is 1. The second-order valence-corrected chi connectivity index (χ2v) is 6.51. The molecule has 3 aromatic carbocycles. The molecule has 6 heteroatoms. The van der Waals surface area contributed by atoms with E-state index < -0.39 is 0 Å². The van der Waals surface area contributed by atoms with Crippen LogP contribution in [0.1, 0.15) is 11.1 Å². The van der Waals surface area contributed by atoms with E-state index in [9.17, 15) is 0 Å². The smallest absolute Gasteiger partial charge is 0.161 e. The standard InChI is InChI=1S/C21H18Cl2N2O2/c1-26-21-11-15(13-24-25-18-5-3-2-4-6-18)7-10-20(21)27-14-16-8-9-17(22)12-19(16)23/h2-13,25H,14H2,1H3. The molecular weight excluding hydrogens is 383 g/mol. The third-order valence-corrected chi connectivity index (χ3v) is 4.35. The maximum atomic E-state index is 6.18. The predicted octanol–water partition coefficient (Wildman–Crippen LogP) is 6.03. The van der Waals surface area contributed by atoms with Crippen LogP contribution in [0, 0.1) is 0 Å². The van der Waals surface area contributed by atoms with Gasteiger partial charge in [0.1, 0.15) is 6.61 Å². The highest BCUT2D eigenvalue weighted by molar-refractivity contribution is 6.35. The van der Waals surface area contributed by atoms with Crippen molar-refractivity contribution < 1.29 is 9.47 Å². The second-order valence-electron chi connectivity index (χ2n) is 5.67. The normalized spacial score (nSPS) is 10.8. The van der Waals surface area contributed by atoms with E-state index in [4.69, 9.17) is 32.7 Å². The van der Waals surface area contributed by atoms with Crippen molar-refractivity contribution in [2.75, 3.05) is 12.5 Å². The molecule has 0 unspecified atom stereocenters. The van der Waals surface area contributed by atoms with Crippen molar-refractivity contribution in [2.45, 2.75) is 6.61 Å². The van der Waals surface area contributed by atoms with Crippen LogP contribution in [0.25, 0.3) is 0 Å². The minimum absolute atomic E-state index is 0.315. The molecule has 0 bridgehead atoms. The van der Waals surface area contributed by atoms with Crippen molar-refractivity contribution in [1.82, 2.24) is 0 Å². The fourth-order valence-corrected chi connectivity index (χ4v) is 2.84. The van der Waals surface area contributed by atoms with Crippen LogP contribution < -0.4 is 14.9 Å². The van der Waals surface area contributed by atoms with E-state index in [1.807, 2.05) is 54.6 Å². The summed E-state index contributed by atoms with van der Waals surface area (Å²) < 4.78 is 11.3. The zero-order chi connectivity index (χ0) is 19.1. The molecule has 0 amide bonds. The molecule has 0 spiro atoms. The van der Waals surface area contributed by atoms with Crippen LogP contribution in [0.2, 0.25) is 10.0 Å². The molecule has 0 radical (unpaired) electrons. The van der Waals surface area contributed by atoms with Crippen LogP contribution in [0.3, 0.4) is 0 Å². The van der Waals surface area contributed by atoms with Crippen LogP contribution >= 0.6 is 23.2 Å². The summed E-state index contributed by atoms with van der Waals surface area (Å²) in [6, 6.07) is 20.6. The molecule has 0 atom stereocenters. The van der Waals surface area contributed by atoms with Crippen LogP contribution in [-0.4, -0.2) is 13.3 Å². The van der Waals surface area contributed by atoms with E-state index in [0.717, 1.165) is 16.8 Å². The maximum Gasteiger partial charge on any atom is 0.161 e. The third kappa shape index (κ3) is 5.39. The number of halogens is 2. The fraction of sp³-hybridized carbons (Fsp3) is 0.0952. The lowest BCUT2D eigenvalue weighted by molar-refractivity contribution is 0.284. The molecule has 0 aliphatic heterocycles. The van der Waals surface area contributed by atoms with E-state index in [2.05, 4.69) is 10.5 Å². The van der Waals surface area contributed by atoms with Crippen LogP contribution in [-0.2, 0) is 6.61 Å². The van der Waals surface area contributed by atoms with Gasteiger partial charge in [-0.15, -0.1) is 0 Å². The molecule has 0 saturated heterocycles. The second kappa shape index (κ2) is 9.31. The largest absolute Gasteiger partial charge is 0.493 e. The van der Waals surface area contributed by atoms with Gasteiger partial charge in [-0.05, 0) is 48.0 Å². The summed E-state index contributed by atoms with van der Waals surface area (Å²) in [4.78, 5) is 0. The summed E-state index contributed by atoms with van der Waals surface area (Å²) in [5.74, 6) is 1.24. The minimum Gasteiger partial charge on any atom is -0.493 e. The summed E-state index contributed by atoms with van der Waals surface area (Å²) in [6.07, 6.45) is 1.72. The van der Waals surface area contributed by atoms with Gasteiger partial charge in [0, 0.05) is 15.6 Å². The first-order valence-electron chi connectivity index (χ1n) is 8.24. The SMILES string of the molecule is COc1cc(C=NNc2ccccc2)ccc1OCc1ccc(Cl)cc1Cl. The van der Waals surface area contributed by atoms with Gasteiger partial charge in [0.05, 0.1) is 19.0 Å². The Morgan fingerprint density at radius 1 is 0.963 bits per heavy atom. The van der Waals surface area contributed by atoms with Gasteiger partial charge in [0.25, 0.3) is 0 Å². The first-order chi connectivity index (χ1) is 13.2. The van der Waals surface area contributed by atoms with Crippen molar-refractivity contribution in [1.29, 1.82) is 0 Å². The number of hydrazone groups is 1. The Bertz CT molecular complexity index is 931.